The molecular weight excluding hydrogens is 240 g/mol. The van der Waals surface area contributed by atoms with E-state index in [9.17, 15) is 0 Å². The molecule has 0 aliphatic heterocycles. The topological polar surface area (TPSA) is 38.9 Å². The molecule has 0 saturated carbocycles. The van der Waals surface area contributed by atoms with Crippen LogP contribution in [0.2, 0.25) is 0 Å². The van der Waals surface area contributed by atoms with Gasteiger partial charge < -0.3 is 5.73 Å². The summed E-state index contributed by atoms with van der Waals surface area (Å²) in [6, 6.07) is 12.6. The summed E-state index contributed by atoms with van der Waals surface area (Å²) in [6.45, 7) is 6.11. The van der Waals surface area contributed by atoms with Gasteiger partial charge in [0, 0.05) is 16.6 Å². The van der Waals surface area contributed by atoms with E-state index in [-0.39, 0.29) is 6.04 Å². The molecule has 0 bridgehead atoms. The number of hydrogen-bond acceptors (Lipinski definition) is 3. The third-order valence-corrected chi connectivity index (χ3v) is 3.63. The zero-order valence-corrected chi connectivity index (χ0v) is 11.8. The maximum absolute atomic E-state index is 5.84. The molecule has 0 spiro atoms. The minimum atomic E-state index is 0.0865. The number of nitrogens with two attached hydrogens (primary N) is 1. The predicted molar refractivity (Wildman–Crippen MR) is 76.9 cm³/mol. The van der Waals surface area contributed by atoms with Crippen LogP contribution in [0, 0.1) is 13.8 Å². The minimum Gasteiger partial charge on any atom is -0.324 e. The highest BCUT2D eigenvalue weighted by Crippen LogP contribution is 2.27. The van der Waals surface area contributed by atoms with Gasteiger partial charge in [-0.2, -0.15) is 0 Å². The molecule has 0 amide bonds. The third-order valence-electron chi connectivity index (χ3n) is 2.70. The Morgan fingerprint density at radius 3 is 2.33 bits per heavy atom. The van der Waals surface area contributed by atoms with E-state index in [0.29, 0.717) is 0 Å². The fraction of sp³-hybridized carbons (Fsp3) is 0.267. The molecule has 1 aromatic carbocycles. The number of rotatable bonds is 3. The van der Waals surface area contributed by atoms with Crippen LogP contribution in [-0.2, 0) is 0 Å². The lowest BCUT2D eigenvalue weighted by molar-refractivity contribution is 0.817. The molecule has 1 atom stereocenters. The molecule has 94 valence electrons. The summed E-state index contributed by atoms with van der Waals surface area (Å²) in [5.74, 6) is 0. The summed E-state index contributed by atoms with van der Waals surface area (Å²) in [5, 5.41) is 1.04. The highest BCUT2D eigenvalue weighted by molar-refractivity contribution is 7.99. The molecular formula is C15H18N2S. The standard InChI is InChI=1S/C15H18N2S/c1-10-8-11(2)17-15(9-10)18-14-6-4-13(5-7-14)12(3)16/h4-9,12H,16H2,1-3H3. The first-order chi connectivity index (χ1) is 8.54. The number of hydrogen-bond donors (Lipinski definition) is 1. The van der Waals surface area contributed by atoms with Crippen LogP contribution in [0.25, 0.3) is 0 Å². The lowest BCUT2D eigenvalue weighted by Gasteiger charge is -2.07. The van der Waals surface area contributed by atoms with Gasteiger partial charge >= 0.3 is 0 Å². The molecule has 1 unspecified atom stereocenters. The summed E-state index contributed by atoms with van der Waals surface area (Å²) >= 11 is 1.68. The van der Waals surface area contributed by atoms with Crippen molar-refractivity contribution in [3.05, 3.63) is 53.2 Å². The van der Waals surface area contributed by atoms with Crippen molar-refractivity contribution in [2.75, 3.05) is 0 Å². The number of pyridine rings is 1. The molecule has 18 heavy (non-hydrogen) atoms. The lowest BCUT2D eigenvalue weighted by atomic mass is 10.1. The van der Waals surface area contributed by atoms with Gasteiger partial charge in [-0.15, -0.1) is 0 Å². The number of aryl methyl sites for hydroxylation is 2. The van der Waals surface area contributed by atoms with E-state index in [4.69, 9.17) is 5.73 Å². The van der Waals surface area contributed by atoms with E-state index < -0.39 is 0 Å². The van der Waals surface area contributed by atoms with Gasteiger partial charge in [0.25, 0.3) is 0 Å². The van der Waals surface area contributed by atoms with E-state index in [1.807, 2.05) is 13.8 Å². The van der Waals surface area contributed by atoms with Gasteiger partial charge in [-0.25, -0.2) is 4.98 Å². The van der Waals surface area contributed by atoms with E-state index in [1.54, 1.807) is 11.8 Å². The molecule has 2 rings (SSSR count). The second-order valence-electron chi connectivity index (χ2n) is 4.58. The third kappa shape index (κ3) is 3.34. The van der Waals surface area contributed by atoms with Crippen LogP contribution in [0.1, 0.15) is 29.8 Å². The Hall–Kier alpha value is -1.32. The molecule has 3 heteroatoms. The summed E-state index contributed by atoms with van der Waals surface area (Å²) in [6.07, 6.45) is 0. The van der Waals surface area contributed by atoms with Crippen LogP contribution in [0.3, 0.4) is 0 Å². The summed E-state index contributed by atoms with van der Waals surface area (Å²) in [7, 11) is 0. The van der Waals surface area contributed by atoms with Crippen LogP contribution in [0.15, 0.2) is 46.3 Å². The Morgan fingerprint density at radius 2 is 1.78 bits per heavy atom. The Balaban J connectivity index is 2.18. The number of benzene rings is 1. The van der Waals surface area contributed by atoms with E-state index in [1.165, 1.54) is 10.5 Å². The summed E-state index contributed by atoms with van der Waals surface area (Å²) in [4.78, 5) is 5.72. The quantitative estimate of drug-likeness (QED) is 0.908. The molecule has 2 N–H and O–H groups in total. The van der Waals surface area contributed by atoms with E-state index in [0.717, 1.165) is 16.3 Å². The predicted octanol–water partition coefficient (Wildman–Crippen LogP) is 3.87. The molecule has 0 fully saturated rings. The molecule has 1 aromatic heterocycles. The van der Waals surface area contributed by atoms with Crippen molar-refractivity contribution in [2.45, 2.75) is 36.7 Å². The first-order valence-corrected chi connectivity index (χ1v) is 6.85. The van der Waals surface area contributed by atoms with Crippen LogP contribution in [0.4, 0.5) is 0 Å². The first-order valence-electron chi connectivity index (χ1n) is 6.03. The average molecular weight is 258 g/mol. The first kappa shape index (κ1) is 13.1. The van der Waals surface area contributed by atoms with Crippen molar-refractivity contribution >= 4 is 11.8 Å². The number of nitrogens with zero attached hydrogens (tertiary/aromatic N) is 1. The fourth-order valence-corrected chi connectivity index (χ4v) is 2.76. The zero-order valence-electron chi connectivity index (χ0n) is 11.0. The van der Waals surface area contributed by atoms with Gasteiger partial charge in [0.1, 0.15) is 5.03 Å². The van der Waals surface area contributed by atoms with Gasteiger partial charge in [-0.05, 0) is 56.2 Å². The van der Waals surface area contributed by atoms with Crippen molar-refractivity contribution in [3.63, 3.8) is 0 Å². The molecule has 2 aromatic rings. The van der Waals surface area contributed by atoms with Crippen LogP contribution < -0.4 is 5.73 Å². The monoisotopic (exact) mass is 258 g/mol. The summed E-state index contributed by atoms with van der Waals surface area (Å²) in [5.41, 5.74) is 9.30. The van der Waals surface area contributed by atoms with Gasteiger partial charge in [0.2, 0.25) is 0 Å². The zero-order chi connectivity index (χ0) is 13.1. The van der Waals surface area contributed by atoms with Crippen LogP contribution in [0.5, 0.6) is 0 Å². The van der Waals surface area contributed by atoms with Crippen molar-refractivity contribution < 1.29 is 0 Å². The second kappa shape index (κ2) is 5.55. The highest BCUT2D eigenvalue weighted by atomic mass is 32.2. The molecule has 0 saturated heterocycles. The maximum atomic E-state index is 5.84. The van der Waals surface area contributed by atoms with E-state index >= 15 is 0 Å². The average Bonchev–Trinajstić information content (AvgIpc) is 2.28. The Morgan fingerprint density at radius 1 is 1.11 bits per heavy atom. The van der Waals surface area contributed by atoms with Crippen LogP contribution >= 0.6 is 11.8 Å². The largest absolute Gasteiger partial charge is 0.324 e. The Kier molecular flexibility index (Phi) is 4.04. The maximum Gasteiger partial charge on any atom is 0.101 e. The van der Waals surface area contributed by atoms with E-state index in [2.05, 4.69) is 48.3 Å². The fourth-order valence-electron chi connectivity index (χ4n) is 1.82. The van der Waals surface area contributed by atoms with Crippen LogP contribution in [-0.4, -0.2) is 4.98 Å². The lowest BCUT2D eigenvalue weighted by Crippen LogP contribution is -2.04. The molecule has 1 heterocycles. The van der Waals surface area contributed by atoms with Crippen molar-refractivity contribution in [3.8, 4) is 0 Å². The SMILES string of the molecule is Cc1cc(C)nc(Sc2ccc(C(C)N)cc2)c1. The van der Waals surface area contributed by atoms with Gasteiger partial charge in [0.15, 0.2) is 0 Å². The minimum absolute atomic E-state index is 0.0865. The molecule has 0 radical (unpaired) electrons. The second-order valence-corrected chi connectivity index (χ2v) is 5.68. The van der Waals surface area contributed by atoms with Gasteiger partial charge in [-0.3, -0.25) is 0 Å². The summed E-state index contributed by atoms with van der Waals surface area (Å²) < 4.78 is 0. The number of aromatic nitrogens is 1. The Bertz CT molecular complexity index is 512. The van der Waals surface area contributed by atoms with Gasteiger partial charge in [-0.1, -0.05) is 23.9 Å². The molecule has 2 nitrogen and oxygen atoms in total. The Labute approximate surface area is 113 Å². The molecule has 0 aliphatic rings. The smallest absolute Gasteiger partial charge is 0.101 e. The van der Waals surface area contributed by atoms with Crippen molar-refractivity contribution in [2.24, 2.45) is 5.73 Å². The normalized spacial score (nSPS) is 12.4. The van der Waals surface area contributed by atoms with Gasteiger partial charge in [0.05, 0.1) is 0 Å². The highest BCUT2D eigenvalue weighted by Gasteiger charge is 2.03. The van der Waals surface area contributed by atoms with Crippen molar-refractivity contribution in [1.29, 1.82) is 0 Å². The van der Waals surface area contributed by atoms with Crippen molar-refractivity contribution in [1.82, 2.24) is 4.98 Å². The molecule has 0 aliphatic carbocycles.